The predicted molar refractivity (Wildman–Crippen MR) is 102 cm³/mol. The van der Waals surface area contributed by atoms with Crippen LogP contribution in [0.1, 0.15) is 35.7 Å². The van der Waals surface area contributed by atoms with E-state index >= 15 is 0 Å². The topological polar surface area (TPSA) is 71.5 Å². The third-order valence-corrected chi connectivity index (χ3v) is 4.22. The van der Waals surface area contributed by atoms with Gasteiger partial charge < -0.3 is 14.5 Å². The molecule has 0 aliphatic rings. The van der Waals surface area contributed by atoms with E-state index < -0.39 is 11.9 Å². The Morgan fingerprint density at radius 2 is 1.90 bits per heavy atom. The maximum atomic E-state index is 13.1. The molecule has 1 atom stereocenters. The summed E-state index contributed by atoms with van der Waals surface area (Å²) in [4.78, 5) is 27.8. The van der Waals surface area contributed by atoms with E-state index in [-0.39, 0.29) is 24.4 Å². The summed E-state index contributed by atoms with van der Waals surface area (Å²) in [5.74, 6) is -0.300. The maximum Gasteiger partial charge on any atom is 0.434 e. The minimum absolute atomic E-state index is 0.0444. The number of halogens is 3. The highest BCUT2D eigenvalue weighted by Gasteiger charge is 2.33. The van der Waals surface area contributed by atoms with Crippen molar-refractivity contribution in [3.05, 3.63) is 41.6 Å². The van der Waals surface area contributed by atoms with E-state index in [9.17, 15) is 18.0 Å². The average molecular weight is 411 g/mol. The number of hydrogen-bond acceptors (Lipinski definition) is 6. The molecular formula is C19H24F3N5O2. The zero-order valence-corrected chi connectivity index (χ0v) is 17.0. The highest BCUT2D eigenvalue weighted by Crippen LogP contribution is 2.27. The number of amides is 1. The van der Waals surface area contributed by atoms with Gasteiger partial charge in [0, 0.05) is 26.3 Å². The number of carbonyl (C=O) groups is 1. The minimum Gasteiger partial charge on any atom is -0.474 e. The molecule has 2 rings (SSSR count). The van der Waals surface area contributed by atoms with Crippen molar-refractivity contribution in [3.63, 3.8) is 0 Å². The number of alkyl halides is 3. The Kier molecular flexibility index (Phi) is 6.99. The van der Waals surface area contributed by atoms with Crippen molar-refractivity contribution < 1.29 is 22.7 Å². The number of aromatic nitrogens is 3. The predicted octanol–water partition coefficient (Wildman–Crippen LogP) is 3.19. The van der Waals surface area contributed by atoms with E-state index in [1.807, 2.05) is 45.0 Å². The number of aryl methyl sites for hydroxylation is 1. The summed E-state index contributed by atoms with van der Waals surface area (Å²) in [5, 5.41) is 0. The summed E-state index contributed by atoms with van der Waals surface area (Å²) < 4.78 is 43.1. The molecule has 0 aliphatic carbocycles. The first kappa shape index (κ1) is 22.4. The van der Waals surface area contributed by atoms with Crippen LogP contribution in [0, 0.1) is 6.92 Å². The number of carbonyl (C=O) groups excluding carboxylic acids is 1. The summed E-state index contributed by atoms with van der Waals surface area (Å²) in [5.41, 5.74) is 0.655. The van der Waals surface area contributed by atoms with E-state index in [0.29, 0.717) is 24.1 Å². The SMILES string of the molecule is CCN(C(=O)c1nc(C)ccc1N(C)C)C(C)COc1cnc(C(F)(F)F)cn1. The van der Waals surface area contributed by atoms with Crippen LogP contribution in [-0.4, -0.2) is 59.0 Å². The number of likely N-dealkylation sites (N-methyl/N-ethyl adjacent to an activating group) is 1. The van der Waals surface area contributed by atoms with E-state index in [0.717, 1.165) is 11.9 Å². The summed E-state index contributed by atoms with van der Waals surface area (Å²) in [6.45, 7) is 5.87. The van der Waals surface area contributed by atoms with Crippen LogP contribution < -0.4 is 9.64 Å². The van der Waals surface area contributed by atoms with Gasteiger partial charge in [-0.25, -0.2) is 15.0 Å². The zero-order valence-electron chi connectivity index (χ0n) is 17.0. The molecule has 0 aliphatic heterocycles. The fourth-order valence-corrected chi connectivity index (χ4v) is 2.69. The molecule has 0 bridgehead atoms. The Hall–Kier alpha value is -2.91. The third kappa shape index (κ3) is 5.55. The largest absolute Gasteiger partial charge is 0.474 e. The Morgan fingerprint density at radius 1 is 1.21 bits per heavy atom. The second-order valence-corrected chi connectivity index (χ2v) is 6.70. The standard InChI is InChI=1S/C19H24F3N5O2/c1-6-27(18(28)17-14(26(4)5)8-7-12(2)25-17)13(3)11-29-16-10-23-15(9-24-16)19(20,21)22/h7-10,13H,6,11H2,1-5H3. The van der Waals surface area contributed by atoms with Gasteiger partial charge in [-0.1, -0.05) is 0 Å². The van der Waals surface area contributed by atoms with Gasteiger partial charge in [-0.3, -0.25) is 4.79 Å². The lowest BCUT2D eigenvalue weighted by Crippen LogP contribution is -2.42. The first-order valence-electron chi connectivity index (χ1n) is 9.02. The smallest absolute Gasteiger partial charge is 0.434 e. The maximum absolute atomic E-state index is 13.1. The van der Waals surface area contributed by atoms with E-state index in [1.165, 1.54) is 0 Å². The molecule has 0 saturated heterocycles. The molecule has 2 aromatic heterocycles. The van der Waals surface area contributed by atoms with Gasteiger partial charge in [0.1, 0.15) is 6.61 Å². The molecule has 1 unspecified atom stereocenters. The minimum atomic E-state index is -4.56. The van der Waals surface area contributed by atoms with E-state index in [1.54, 1.807) is 11.8 Å². The molecule has 158 valence electrons. The van der Waals surface area contributed by atoms with Gasteiger partial charge in [0.2, 0.25) is 5.88 Å². The fourth-order valence-electron chi connectivity index (χ4n) is 2.69. The second-order valence-electron chi connectivity index (χ2n) is 6.70. The van der Waals surface area contributed by atoms with Gasteiger partial charge >= 0.3 is 6.18 Å². The van der Waals surface area contributed by atoms with Crippen LogP contribution in [0.15, 0.2) is 24.5 Å². The van der Waals surface area contributed by atoms with Crippen molar-refractivity contribution in [3.8, 4) is 5.88 Å². The molecule has 0 fully saturated rings. The summed E-state index contributed by atoms with van der Waals surface area (Å²) in [7, 11) is 3.66. The van der Waals surface area contributed by atoms with Crippen LogP contribution in [0.4, 0.5) is 18.9 Å². The Labute approximate surface area is 167 Å². The number of rotatable bonds is 7. The van der Waals surface area contributed by atoms with Gasteiger partial charge in [0.05, 0.1) is 24.1 Å². The molecule has 0 saturated carbocycles. The highest BCUT2D eigenvalue weighted by atomic mass is 19.4. The van der Waals surface area contributed by atoms with Crippen LogP contribution in [0.5, 0.6) is 5.88 Å². The number of hydrogen-bond donors (Lipinski definition) is 0. The lowest BCUT2D eigenvalue weighted by atomic mass is 10.2. The monoisotopic (exact) mass is 411 g/mol. The first-order chi connectivity index (χ1) is 13.5. The fraction of sp³-hybridized carbons (Fsp3) is 0.474. The molecule has 2 aromatic rings. The van der Waals surface area contributed by atoms with Crippen molar-refractivity contribution >= 4 is 11.6 Å². The van der Waals surface area contributed by atoms with Crippen LogP contribution in [0.3, 0.4) is 0 Å². The molecule has 0 spiro atoms. The third-order valence-electron chi connectivity index (χ3n) is 4.22. The molecule has 10 heteroatoms. The molecule has 29 heavy (non-hydrogen) atoms. The van der Waals surface area contributed by atoms with Crippen molar-refractivity contribution in [2.75, 3.05) is 32.1 Å². The van der Waals surface area contributed by atoms with Gasteiger partial charge in [-0.2, -0.15) is 13.2 Å². The lowest BCUT2D eigenvalue weighted by Gasteiger charge is -2.29. The van der Waals surface area contributed by atoms with Crippen molar-refractivity contribution in [2.24, 2.45) is 0 Å². The highest BCUT2D eigenvalue weighted by molar-refractivity contribution is 5.98. The van der Waals surface area contributed by atoms with Crippen molar-refractivity contribution in [1.82, 2.24) is 19.9 Å². The van der Waals surface area contributed by atoms with Gasteiger partial charge in [0.15, 0.2) is 11.4 Å². The summed E-state index contributed by atoms with van der Waals surface area (Å²) >= 11 is 0. The number of anilines is 1. The number of pyridine rings is 1. The Balaban J connectivity index is 2.12. The van der Waals surface area contributed by atoms with Gasteiger partial charge in [-0.15, -0.1) is 0 Å². The molecule has 2 heterocycles. The Bertz CT molecular complexity index is 841. The van der Waals surface area contributed by atoms with Crippen molar-refractivity contribution in [2.45, 2.75) is 33.0 Å². The number of nitrogens with zero attached hydrogens (tertiary/aromatic N) is 5. The number of ether oxygens (including phenoxy) is 1. The van der Waals surface area contributed by atoms with Crippen LogP contribution in [0.25, 0.3) is 0 Å². The average Bonchev–Trinajstić information content (AvgIpc) is 2.66. The normalized spacial score (nSPS) is 12.4. The van der Waals surface area contributed by atoms with Crippen molar-refractivity contribution in [1.29, 1.82) is 0 Å². The van der Waals surface area contributed by atoms with Gasteiger partial charge in [-0.05, 0) is 32.9 Å². The van der Waals surface area contributed by atoms with Crippen LogP contribution in [-0.2, 0) is 6.18 Å². The first-order valence-corrected chi connectivity index (χ1v) is 9.02. The van der Waals surface area contributed by atoms with Crippen LogP contribution in [0.2, 0.25) is 0 Å². The molecule has 7 nitrogen and oxygen atoms in total. The molecule has 0 N–H and O–H groups in total. The zero-order chi connectivity index (χ0) is 21.8. The van der Waals surface area contributed by atoms with Crippen LogP contribution >= 0.6 is 0 Å². The molecule has 1 amide bonds. The summed E-state index contributed by atoms with van der Waals surface area (Å²) in [6.07, 6.45) is -3.03. The van der Waals surface area contributed by atoms with E-state index in [2.05, 4.69) is 15.0 Å². The molecule has 0 aromatic carbocycles. The van der Waals surface area contributed by atoms with E-state index in [4.69, 9.17) is 4.74 Å². The van der Waals surface area contributed by atoms with Gasteiger partial charge in [0.25, 0.3) is 5.91 Å². The molecular weight excluding hydrogens is 387 g/mol. The molecule has 0 radical (unpaired) electrons. The Morgan fingerprint density at radius 3 is 2.41 bits per heavy atom. The second kappa shape index (κ2) is 9.06. The lowest BCUT2D eigenvalue weighted by molar-refractivity contribution is -0.141. The quantitative estimate of drug-likeness (QED) is 0.697. The summed E-state index contributed by atoms with van der Waals surface area (Å²) in [6, 6.07) is 3.30.